The third kappa shape index (κ3) is 8.75. The van der Waals surface area contributed by atoms with Crippen LogP contribution in [0.3, 0.4) is 0 Å². The second-order valence-electron chi connectivity index (χ2n) is 11.6. The van der Waals surface area contributed by atoms with Gasteiger partial charge in [-0.2, -0.15) is 0 Å². The molecule has 210 valence electrons. The highest BCUT2D eigenvalue weighted by Gasteiger charge is 2.33. The van der Waals surface area contributed by atoms with Crippen molar-refractivity contribution < 1.29 is 22.7 Å². The van der Waals surface area contributed by atoms with Gasteiger partial charge < -0.3 is 15.0 Å². The van der Waals surface area contributed by atoms with Gasteiger partial charge >= 0.3 is 0 Å². The van der Waals surface area contributed by atoms with Gasteiger partial charge in [-0.05, 0) is 68.0 Å². The van der Waals surface area contributed by atoms with Crippen molar-refractivity contribution in [2.45, 2.75) is 78.4 Å². The van der Waals surface area contributed by atoms with E-state index >= 15 is 0 Å². The molecule has 0 bridgehead atoms. The number of sulfonamides is 1. The van der Waals surface area contributed by atoms with Gasteiger partial charge in [0.15, 0.2) is 0 Å². The average Bonchev–Trinajstić information content (AvgIpc) is 2.80. The van der Waals surface area contributed by atoms with E-state index in [1.54, 1.807) is 31.4 Å². The molecule has 38 heavy (non-hydrogen) atoms. The van der Waals surface area contributed by atoms with Crippen LogP contribution in [0.4, 0.5) is 5.69 Å². The molecule has 0 aromatic heterocycles. The minimum Gasteiger partial charge on any atom is -0.497 e. The molecule has 2 aromatic rings. The van der Waals surface area contributed by atoms with E-state index in [9.17, 15) is 18.0 Å². The van der Waals surface area contributed by atoms with Crippen LogP contribution in [0.15, 0.2) is 48.5 Å². The fourth-order valence-corrected chi connectivity index (χ4v) is 4.89. The summed E-state index contributed by atoms with van der Waals surface area (Å²) in [6.07, 6.45) is 1.44. The van der Waals surface area contributed by atoms with Crippen molar-refractivity contribution in [3.05, 3.63) is 59.7 Å². The Morgan fingerprint density at radius 2 is 1.50 bits per heavy atom. The summed E-state index contributed by atoms with van der Waals surface area (Å²) >= 11 is 0. The molecule has 0 spiro atoms. The molecular formula is C29H43N3O5S. The number of methoxy groups -OCH3 is 1. The SMILES string of the molecule is CC[C@H](C(=O)NC(C)(C)C)N(Cc1ccc(OC)cc1)C(=O)CN(c1ccc(C(C)(C)C)cc1)S(C)(=O)=O. The van der Waals surface area contributed by atoms with Crippen molar-refractivity contribution >= 4 is 27.5 Å². The standard InChI is InChI=1S/C29H43N3O5S/c1-10-25(27(34)30-29(5,6)7)31(19-21-11-17-24(37-8)18-12-21)26(33)20-32(38(9,35)36)23-15-13-22(14-16-23)28(2,3)4/h11-18,25H,10,19-20H2,1-9H3,(H,30,34)/t25-/m1/s1. The zero-order valence-corrected chi connectivity index (χ0v) is 25.0. The van der Waals surface area contributed by atoms with Crippen LogP contribution < -0.4 is 14.4 Å². The third-order valence-electron chi connectivity index (χ3n) is 6.10. The second-order valence-corrected chi connectivity index (χ2v) is 13.5. The second kappa shape index (κ2) is 12.2. The maximum Gasteiger partial charge on any atom is 0.244 e. The van der Waals surface area contributed by atoms with Gasteiger partial charge in [-0.25, -0.2) is 8.42 Å². The van der Waals surface area contributed by atoms with Crippen LogP contribution in [0.1, 0.15) is 66.0 Å². The Balaban J connectivity index is 2.46. The Morgan fingerprint density at radius 3 is 1.92 bits per heavy atom. The van der Waals surface area contributed by atoms with Gasteiger partial charge in [0.25, 0.3) is 0 Å². The molecule has 8 nitrogen and oxygen atoms in total. The van der Waals surface area contributed by atoms with Crippen LogP contribution in [-0.2, 0) is 31.6 Å². The van der Waals surface area contributed by atoms with Crippen molar-refractivity contribution in [1.82, 2.24) is 10.2 Å². The molecule has 2 rings (SSSR count). The largest absolute Gasteiger partial charge is 0.497 e. The smallest absolute Gasteiger partial charge is 0.244 e. The molecule has 0 aliphatic heterocycles. The lowest BCUT2D eigenvalue weighted by Gasteiger charge is -2.34. The lowest BCUT2D eigenvalue weighted by molar-refractivity contribution is -0.141. The number of carbonyl (C=O) groups excluding carboxylic acids is 2. The molecule has 0 radical (unpaired) electrons. The Labute approximate surface area is 228 Å². The summed E-state index contributed by atoms with van der Waals surface area (Å²) in [4.78, 5) is 28.5. The summed E-state index contributed by atoms with van der Waals surface area (Å²) in [5, 5.41) is 2.96. The maximum atomic E-state index is 13.8. The van der Waals surface area contributed by atoms with E-state index < -0.39 is 34.1 Å². The summed E-state index contributed by atoms with van der Waals surface area (Å²) < 4.78 is 32.0. The number of nitrogens with zero attached hydrogens (tertiary/aromatic N) is 2. The van der Waals surface area contributed by atoms with Crippen molar-refractivity contribution in [2.24, 2.45) is 0 Å². The number of benzene rings is 2. The Morgan fingerprint density at radius 1 is 0.947 bits per heavy atom. The van der Waals surface area contributed by atoms with Crippen LogP contribution in [0.25, 0.3) is 0 Å². The molecule has 0 aliphatic carbocycles. The summed E-state index contributed by atoms with van der Waals surface area (Å²) in [7, 11) is -2.22. The van der Waals surface area contributed by atoms with Crippen LogP contribution in [0.5, 0.6) is 5.75 Å². The van der Waals surface area contributed by atoms with Gasteiger partial charge in [0.1, 0.15) is 18.3 Å². The fraction of sp³-hybridized carbons (Fsp3) is 0.517. The van der Waals surface area contributed by atoms with Crippen molar-refractivity contribution in [1.29, 1.82) is 0 Å². The topological polar surface area (TPSA) is 96.0 Å². The van der Waals surface area contributed by atoms with Crippen LogP contribution in [-0.4, -0.2) is 56.6 Å². The normalized spacial score (nSPS) is 13.0. The quantitative estimate of drug-likeness (QED) is 0.475. The van der Waals surface area contributed by atoms with Gasteiger partial charge in [0, 0.05) is 12.1 Å². The zero-order chi connectivity index (χ0) is 28.9. The first-order chi connectivity index (χ1) is 17.5. The maximum absolute atomic E-state index is 13.8. The summed E-state index contributed by atoms with van der Waals surface area (Å²) in [6, 6.07) is 13.6. The molecular weight excluding hydrogens is 502 g/mol. The van der Waals surface area contributed by atoms with E-state index in [0.29, 0.717) is 17.9 Å². The number of anilines is 1. The number of nitrogens with one attached hydrogen (secondary N) is 1. The van der Waals surface area contributed by atoms with Gasteiger partial charge in [-0.15, -0.1) is 0 Å². The first kappa shape index (κ1) is 31.1. The molecule has 0 aliphatic rings. The van der Waals surface area contributed by atoms with Crippen molar-refractivity contribution in [3.63, 3.8) is 0 Å². The minimum absolute atomic E-state index is 0.103. The minimum atomic E-state index is -3.79. The predicted molar refractivity (Wildman–Crippen MR) is 153 cm³/mol. The monoisotopic (exact) mass is 545 g/mol. The van der Waals surface area contributed by atoms with Crippen molar-refractivity contribution in [3.8, 4) is 5.75 Å². The van der Waals surface area contributed by atoms with E-state index in [1.165, 1.54) is 4.90 Å². The Hall–Kier alpha value is -3.07. The highest BCUT2D eigenvalue weighted by molar-refractivity contribution is 7.92. The Kier molecular flexibility index (Phi) is 10.00. The Bertz CT molecular complexity index is 1190. The number of ether oxygens (including phenoxy) is 1. The fourth-order valence-electron chi connectivity index (χ4n) is 4.04. The number of hydrogen-bond donors (Lipinski definition) is 1. The number of carbonyl (C=O) groups is 2. The molecule has 2 amide bonds. The van der Waals surface area contributed by atoms with E-state index in [1.807, 2.05) is 52.0 Å². The summed E-state index contributed by atoms with van der Waals surface area (Å²) in [6.45, 7) is 13.4. The van der Waals surface area contributed by atoms with E-state index in [4.69, 9.17) is 4.74 Å². The van der Waals surface area contributed by atoms with Crippen LogP contribution in [0.2, 0.25) is 0 Å². The van der Waals surface area contributed by atoms with E-state index in [2.05, 4.69) is 26.1 Å². The molecule has 1 N–H and O–H groups in total. The van der Waals surface area contributed by atoms with E-state index in [-0.39, 0.29) is 17.9 Å². The lowest BCUT2D eigenvalue weighted by Crippen LogP contribution is -2.55. The van der Waals surface area contributed by atoms with E-state index in [0.717, 1.165) is 21.7 Å². The number of hydrogen-bond acceptors (Lipinski definition) is 5. The molecule has 9 heteroatoms. The molecule has 0 fully saturated rings. The first-order valence-corrected chi connectivity index (χ1v) is 14.6. The molecule has 0 unspecified atom stereocenters. The molecule has 1 atom stereocenters. The van der Waals surface area contributed by atoms with Crippen molar-refractivity contribution in [2.75, 3.05) is 24.2 Å². The first-order valence-electron chi connectivity index (χ1n) is 12.8. The summed E-state index contributed by atoms with van der Waals surface area (Å²) in [5.41, 5.74) is 1.64. The van der Waals surface area contributed by atoms with Crippen LogP contribution in [0, 0.1) is 0 Å². The number of rotatable bonds is 10. The zero-order valence-electron chi connectivity index (χ0n) is 24.2. The molecule has 2 aromatic carbocycles. The highest BCUT2D eigenvalue weighted by Crippen LogP contribution is 2.26. The third-order valence-corrected chi connectivity index (χ3v) is 7.24. The molecule has 0 saturated carbocycles. The van der Waals surface area contributed by atoms with Crippen LogP contribution >= 0.6 is 0 Å². The summed E-state index contributed by atoms with van der Waals surface area (Å²) in [5.74, 6) is -0.0875. The van der Waals surface area contributed by atoms with Gasteiger partial charge in [-0.1, -0.05) is 52.0 Å². The number of amides is 2. The van der Waals surface area contributed by atoms with Gasteiger partial charge in [0.05, 0.1) is 19.1 Å². The molecule has 0 saturated heterocycles. The van der Waals surface area contributed by atoms with Gasteiger partial charge in [-0.3, -0.25) is 13.9 Å². The molecule has 0 heterocycles. The average molecular weight is 546 g/mol. The predicted octanol–water partition coefficient (Wildman–Crippen LogP) is 4.48. The lowest BCUT2D eigenvalue weighted by atomic mass is 9.87. The van der Waals surface area contributed by atoms with Gasteiger partial charge in [0.2, 0.25) is 21.8 Å². The highest BCUT2D eigenvalue weighted by atomic mass is 32.2.